The predicted octanol–water partition coefficient (Wildman–Crippen LogP) is -0.615. The fourth-order valence-electron chi connectivity index (χ4n) is 4.66. The number of carbonyl (C=O) groups excluding carboxylic acids is 2. The largest absolute Gasteiger partial charge is 0.508 e. The summed E-state index contributed by atoms with van der Waals surface area (Å²) in [6, 6.07) is 4.76. The van der Waals surface area contributed by atoms with Crippen molar-refractivity contribution < 1.29 is 54.8 Å². The zero-order chi connectivity index (χ0) is 24.9. The van der Waals surface area contributed by atoms with Crippen LogP contribution in [0.1, 0.15) is 45.5 Å². The molecule has 6 atom stereocenters. The van der Waals surface area contributed by atoms with Crippen LogP contribution in [0.3, 0.4) is 0 Å². The normalized spacial score (nSPS) is 28.2. The molecule has 182 valence electrons. The maximum Gasteiger partial charge on any atom is 0.302 e. The number of hydrogen-bond donors (Lipinski definition) is 7. The zero-order valence-electron chi connectivity index (χ0n) is 18.0. The lowest BCUT2D eigenvalue weighted by molar-refractivity contribution is -0.234. The van der Waals surface area contributed by atoms with E-state index in [0.717, 1.165) is 19.1 Å². The highest BCUT2D eigenvalue weighted by molar-refractivity contribution is 6.16. The minimum atomic E-state index is -1.77. The number of phenols is 3. The molecule has 1 fully saturated rings. The molecule has 0 saturated carbocycles. The molecule has 1 heterocycles. The van der Waals surface area contributed by atoms with Crippen LogP contribution in [0.2, 0.25) is 0 Å². The van der Waals surface area contributed by atoms with E-state index in [-0.39, 0.29) is 27.8 Å². The van der Waals surface area contributed by atoms with Crippen LogP contribution < -0.4 is 0 Å². The Kier molecular flexibility index (Phi) is 6.23. The molecule has 7 N–H and O–H groups in total. The Morgan fingerprint density at radius 1 is 0.971 bits per heavy atom. The molecule has 4 rings (SSSR count). The Balaban J connectivity index is 1.93. The standard InChI is InChI=1S/C23H24O11/c1-8(25)33-7-14-19(29)21(31)22(32)23(34-14)16-10-4-9(6-24)5-13(28)15(10)20(30)18-12(27)3-2-11(26)17(16)18/h2-5,14,16,19,21-24,26-29,31-32H,6-7H2,1H3/t14-,16+,19-,21+,22-,23+/m1/s1. The molecule has 11 nitrogen and oxygen atoms in total. The lowest BCUT2D eigenvalue weighted by Crippen LogP contribution is -2.60. The molecule has 0 unspecified atom stereocenters. The Morgan fingerprint density at radius 3 is 2.29 bits per heavy atom. The summed E-state index contributed by atoms with van der Waals surface area (Å²) in [5, 5.41) is 73.0. The zero-order valence-corrected chi connectivity index (χ0v) is 18.0. The van der Waals surface area contributed by atoms with Crippen LogP contribution in [0, 0.1) is 0 Å². The fraction of sp³-hybridized carbons (Fsp3) is 0.391. The first-order chi connectivity index (χ1) is 16.1. The number of phenolic OH excluding ortho intramolecular Hbond substituents is 3. The number of benzene rings is 2. The van der Waals surface area contributed by atoms with Gasteiger partial charge in [0, 0.05) is 18.4 Å². The first kappa shape index (κ1) is 23.9. The Hall–Kier alpha value is -3.22. The number of aliphatic hydroxyl groups is 4. The van der Waals surface area contributed by atoms with E-state index in [0.29, 0.717) is 0 Å². The van der Waals surface area contributed by atoms with Crippen LogP contribution in [-0.4, -0.2) is 84.6 Å². The molecule has 1 saturated heterocycles. The van der Waals surface area contributed by atoms with Crippen molar-refractivity contribution in [3.63, 3.8) is 0 Å². The smallest absolute Gasteiger partial charge is 0.302 e. The maximum atomic E-state index is 13.2. The minimum Gasteiger partial charge on any atom is -0.508 e. The van der Waals surface area contributed by atoms with Gasteiger partial charge in [0.15, 0.2) is 0 Å². The molecule has 34 heavy (non-hydrogen) atoms. The third kappa shape index (κ3) is 3.77. The molecular weight excluding hydrogens is 452 g/mol. The van der Waals surface area contributed by atoms with Crippen molar-refractivity contribution in [3.8, 4) is 17.2 Å². The van der Waals surface area contributed by atoms with E-state index >= 15 is 0 Å². The van der Waals surface area contributed by atoms with E-state index in [1.807, 2.05) is 0 Å². The highest BCUT2D eigenvalue weighted by atomic mass is 16.6. The number of rotatable bonds is 4. The molecular formula is C23H24O11. The average Bonchev–Trinajstić information content (AvgIpc) is 2.79. The van der Waals surface area contributed by atoms with Gasteiger partial charge in [0.05, 0.1) is 23.8 Å². The van der Waals surface area contributed by atoms with Crippen molar-refractivity contribution in [2.45, 2.75) is 50.0 Å². The van der Waals surface area contributed by atoms with Crippen molar-refractivity contribution in [2.24, 2.45) is 0 Å². The summed E-state index contributed by atoms with van der Waals surface area (Å²) in [7, 11) is 0. The van der Waals surface area contributed by atoms with Gasteiger partial charge in [0.2, 0.25) is 5.78 Å². The second-order valence-corrected chi connectivity index (χ2v) is 8.35. The lowest BCUT2D eigenvalue weighted by atomic mass is 9.71. The number of ether oxygens (including phenoxy) is 2. The molecule has 2 aliphatic rings. The molecule has 1 aliphatic heterocycles. The van der Waals surface area contributed by atoms with Gasteiger partial charge >= 0.3 is 5.97 Å². The highest BCUT2D eigenvalue weighted by Crippen LogP contribution is 2.50. The third-order valence-corrected chi connectivity index (χ3v) is 6.22. The van der Waals surface area contributed by atoms with E-state index in [2.05, 4.69) is 0 Å². The van der Waals surface area contributed by atoms with Crippen LogP contribution in [0.4, 0.5) is 0 Å². The second kappa shape index (κ2) is 8.85. The third-order valence-electron chi connectivity index (χ3n) is 6.22. The summed E-state index contributed by atoms with van der Waals surface area (Å²) in [5.41, 5.74) is -0.451. The van der Waals surface area contributed by atoms with Gasteiger partial charge < -0.3 is 45.2 Å². The van der Waals surface area contributed by atoms with Crippen molar-refractivity contribution in [3.05, 3.63) is 52.1 Å². The summed E-state index contributed by atoms with van der Waals surface area (Å²) in [6.45, 7) is 0.165. The first-order valence-electron chi connectivity index (χ1n) is 10.5. The van der Waals surface area contributed by atoms with E-state index < -0.39 is 78.7 Å². The molecule has 0 aromatic heterocycles. The van der Waals surface area contributed by atoms with Gasteiger partial charge in [-0.3, -0.25) is 9.59 Å². The predicted molar refractivity (Wildman–Crippen MR) is 112 cm³/mol. The number of esters is 1. The number of aliphatic hydroxyl groups excluding tert-OH is 4. The Bertz CT molecular complexity index is 1140. The number of carbonyl (C=O) groups is 2. The van der Waals surface area contributed by atoms with Crippen LogP contribution in [0.5, 0.6) is 17.2 Å². The summed E-state index contributed by atoms with van der Waals surface area (Å²) in [5.74, 6) is -4.16. The van der Waals surface area contributed by atoms with Crippen LogP contribution in [-0.2, 0) is 20.9 Å². The SMILES string of the molecule is CC(=O)OC[C@H]1O[C@@H]([C@H]2c3cc(CO)cc(O)c3C(=O)c3c(O)ccc(O)c32)[C@H](O)[C@@H](O)[C@@H]1O. The second-order valence-electron chi connectivity index (χ2n) is 8.35. The molecule has 1 aliphatic carbocycles. The van der Waals surface area contributed by atoms with Crippen molar-refractivity contribution in [1.29, 1.82) is 0 Å². The van der Waals surface area contributed by atoms with E-state index in [4.69, 9.17) is 9.47 Å². The molecule has 11 heteroatoms. The van der Waals surface area contributed by atoms with Gasteiger partial charge in [-0.15, -0.1) is 0 Å². The van der Waals surface area contributed by atoms with Crippen LogP contribution in [0.15, 0.2) is 24.3 Å². The van der Waals surface area contributed by atoms with E-state index in [1.165, 1.54) is 12.1 Å². The van der Waals surface area contributed by atoms with E-state index in [1.54, 1.807) is 0 Å². The maximum absolute atomic E-state index is 13.2. The number of aromatic hydroxyl groups is 3. The van der Waals surface area contributed by atoms with Crippen LogP contribution in [0.25, 0.3) is 0 Å². The van der Waals surface area contributed by atoms with Gasteiger partial charge in [0.25, 0.3) is 0 Å². The molecule has 2 aromatic carbocycles. The quantitative estimate of drug-likeness (QED) is 0.220. The summed E-state index contributed by atoms with van der Waals surface area (Å²) >= 11 is 0. The van der Waals surface area contributed by atoms with E-state index in [9.17, 15) is 45.3 Å². The molecule has 0 radical (unpaired) electrons. The highest BCUT2D eigenvalue weighted by Gasteiger charge is 2.51. The number of fused-ring (bicyclic) bond motifs is 2. The lowest BCUT2D eigenvalue weighted by Gasteiger charge is -2.45. The van der Waals surface area contributed by atoms with Crippen molar-refractivity contribution in [2.75, 3.05) is 6.61 Å². The number of ketones is 1. The van der Waals surface area contributed by atoms with Gasteiger partial charge in [-0.25, -0.2) is 0 Å². The van der Waals surface area contributed by atoms with Crippen molar-refractivity contribution >= 4 is 11.8 Å². The summed E-state index contributed by atoms with van der Waals surface area (Å²) < 4.78 is 10.7. The van der Waals surface area contributed by atoms with Crippen molar-refractivity contribution in [1.82, 2.24) is 0 Å². The Labute approximate surface area is 193 Å². The average molecular weight is 476 g/mol. The summed E-state index contributed by atoms with van der Waals surface area (Å²) in [4.78, 5) is 24.5. The molecule has 0 bridgehead atoms. The topological polar surface area (TPSA) is 194 Å². The van der Waals surface area contributed by atoms with Gasteiger partial charge in [-0.2, -0.15) is 0 Å². The number of hydrogen-bond acceptors (Lipinski definition) is 11. The Morgan fingerprint density at radius 2 is 1.65 bits per heavy atom. The van der Waals surface area contributed by atoms with Gasteiger partial charge in [-0.1, -0.05) is 6.07 Å². The van der Waals surface area contributed by atoms with Gasteiger partial charge in [0.1, 0.15) is 48.3 Å². The molecule has 0 spiro atoms. The fourth-order valence-corrected chi connectivity index (χ4v) is 4.66. The monoisotopic (exact) mass is 476 g/mol. The summed E-state index contributed by atoms with van der Waals surface area (Å²) in [6.07, 6.45) is -7.89. The van der Waals surface area contributed by atoms with Crippen LogP contribution >= 0.6 is 0 Å². The molecule has 2 aromatic rings. The van der Waals surface area contributed by atoms with Gasteiger partial charge in [-0.05, 0) is 29.3 Å². The minimum absolute atomic E-state index is 0.0568. The molecule has 0 amide bonds. The first-order valence-corrected chi connectivity index (χ1v) is 10.5.